The lowest BCUT2D eigenvalue weighted by molar-refractivity contribution is -0.0831. The van der Waals surface area contributed by atoms with E-state index in [0.29, 0.717) is 13.1 Å². The standard InChI is InChI=1S/C14H33N3O3.4CH4/c1-12(9-17(7-5-15)8-6-16)19-10-13(18)11-20-14(2,3)4;;;;/h12-13,18H,5-11,15-16H2,1-4H3;4*1H4. The quantitative estimate of drug-likeness (QED) is 0.526. The largest absolute Gasteiger partial charge is 0.388 e. The molecule has 2 atom stereocenters. The molecule has 0 heterocycles. The summed E-state index contributed by atoms with van der Waals surface area (Å²) in [5, 5.41) is 9.80. The SMILES string of the molecule is C.C.C.C.CC(CN(CCN)CCN)OCC(O)COC(C)(C)C. The third-order valence-corrected chi connectivity index (χ3v) is 2.69. The van der Waals surface area contributed by atoms with E-state index in [-0.39, 0.29) is 54.6 Å². The summed E-state index contributed by atoms with van der Waals surface area (Å²) in [6.07, 6.45) is -0.577. The minimum atomic E-state index is -0.603. The number of ether oxygens (including phenoxy) is 2. The van der Waals surface area contributed by atoms with Gasteiger partial charge in [0, 0.05) is 32.7 Å². The second-order valence-corrected chi connectivity index (χ2v) is 6.10. The smallest absolute Gasteiger partial charge is 0.101 e. The number of rotatable bonds is 11. The zero-order valence-corrected chi connectivity index (χ0v) is 13.5. The lowest BCUT2D eigenvalue weighted by Crippen LogP contribution is -2.40. The van der Waals surface area contributed by atoms with Crippen LogP contribution in [0.25, 0.3) is 0 Å². The Morgan fingerprint density at radius 3 is 1.79 bits per heavy atom. The predicted molar refractivity (Wildman–Crippen MR) is 109 cm³/mol. The number of nitrogens with zero attached hydrogens (tertiary/aromatic N) is 1. The van der Waals surface area contributed by atoms with Gasteiger partial charge in [-0.05, 0) is 27.7 Å². The first-order valence-electron chi connectivity index (χ1n) is 7.34. The van der Waals surface area contributed by atoms with Crippen molar-refractivity contribution in [1.29, 1.82) is 0 Å². The summed E-state index contributed by atoms with van der Waals surface area (Å²) in [7, 11) is 0. The normalized spacial score (nSPS) is 13.0. The molecule has 0 aromatic heterocycles. The van der Waals surface area contributed by atoms with Gasteiger partial charge in [0.2, 0.25) is 0 Å². The average molecular weight is 356 g/mol. The van der Waals surface area contributed by atoms with Crippen LogP contribution in [0, 0.1) is 0 Å². The third kappa shape index (κ3) is 21.8. The van der Waals surface area contributed by atoms with Crippen molar-refractivity contribution in [3.05, 3.63) is 0 Å². The second-order valence-electron chi connectivity index (χ2n) is 6.10. The van der Waals surface area contributed by atoms with E-state index in [0.717, 1.165) is 19.6 Å². The average Bonchev–Trinajstić information content (AvgIpc) is 2.33. The number of nitrogens with two attached hydrogens (primary N) is 2. The molecule has 0 saturated carbocycles. The number of hydrogen-bond acceptors (Lipinski definition) is 6. The summed E-state index contributed by atoms with van der Waals surface area (Å²) in [5.41, 5.74) is 10.9. The Balaban J connectivity index is -0.000000301. The minimum Gasteiger partial charge on any atom is -0.388 e. The van der Waals surface area contributed by atoms with Gasteiger partial charge in [0.15, 0.2) is 0 Å². The van der Waals surface area contributed by atoms with Gasteiger partial charge in [0.1, 0.15) is 6.10 Å². The van der Waals surface area contributed by atoms with Crippen LogP contribution >= 0.6 is 0 Å². The molecule has 24 heavy (non-hydrogen) atoms. The van der Waals surface area contributed by atoms with Crippen LogP contribution in [0.1, 0.15) is 57.4 Å². The van der Waals surface area contributed by atoms with Crippen LogP contribution in [0.3, 0.4) is 0 Å². The van der Waals surface area contributed by atoms with Crippen LogP contribution in [0.4, 0.5) is 0 Å². The molecule has 0 rings (SSSR count). The molecule has 0 aromatic carbocycles. The number of aliphatic hydroxyl groups excluding tert-OH is 1. The predicted octanol–water partition coefficient (Wildman–Crippen LogP) is 2.33. The van der Waals surface area contributed by atoms with Crippen LogP contribution in [-0.2, 0) is 9.47 Å². The maximum atomic E-state index is 9.80. The van der Waals surface area contributed by atoms with E-state index in [1.165, 1.54) is 0 Å². The molecular formula is C18H49N3O3. The highest BCUT2D eigenvalue weighted by Crippen LogP contribution is 2.07. The van der Waals surface area contributed by atoms with Gasteiger partial charge in [0.25, 0.3) is 0 Å². The molecule has 6 nitrogen and oxygen atoms in total. The molecule has 0 fully saturated rings. The second kappa shape index (κ2) is 19.1. The zero-order valence-electron chi connectivity index (χ0n) is 13.5. The van der Waals surface area contributed by atoms with E-state index < -0.39 is 6.10 Å². The molecule has 0 bridgehead atoms. The molecule has 0 aliphatic carbocycles. The van der Waals surface area contributed by atoms with Crippen molar-refractivity contribution in [2.45, 2.75) is 75.2 Å². The van der Waals surface area contributed by atoms with Gasteiger partial charge in [-0.15, -0.1) is 0 Å². The minimum absolute atomic E-state index is 0. The maximum Gasteiger partial charge on any atom is 0.101 e. The van der Waals surface area contributed by atoms with E-state index in [1.54, 1.807) is 0 Å². The molecule has 0 aliphatic heterocycles. The summed E-state index contributed by atoms with van der Waals surface area (Å²) >= 11 is 0. The Hall–Kier alpha value is -0.240. The Labute approximate surface area is 152 Å². The lowest BCUT2D eigenvalue weighted by Gasteiger charge is -2.26. The van der Waals surface area contributed by atoms with Gasteiger partial charge >= 0.3 is 0 Å². The van der Waals surface area contributed by atoms with Crippen LogP contribution < -0.4 is 11.5 Å². The van der Waals surface area contributed by atoms with Crippen molar-refractivity contribution < 1.29 is 14.6 Å². The van der Waals surface area contributed by atoms with Crippen LogP contribution in [0.15, 0.2) is 0 Å². The van der Waals surface area contributed by atoms with Crippen molar-refractivity contribution in [2.75, 3.05) is 45.9 Å². The molecule has 0 spiro atoms. The van der Waals surface area contributed by atoms with Gasteiger partial charge in [-0.3, -0.25) is 4.90 Å². The summed E-state index contributed by atoms with van der Waals surface area (Å²) in [6, 6.07) is 0. The van der Waals surface area contributed by atoms with Crippen LogP contribution in [0.5, 0.6) is 0 Å². The third-order valence-electron chi connectivity index (χ3n) is 2.69. The summed E-state index contributed by atoms with van der Waals surface area (Å²) in [6.45, 7) is 12.0. The van der Waals surface area contributed by atoms with Crippen molar-refractivity contribution in [2.24, 2.45) is 11.5 Å². The van der Waals surface area contributed by atoms with Crippen molar-refractivity contribution in [1.82, 2.24) is 4.90 Å². The first-order chi connectivity index (χ1) is 9.28. The van der Waals surface area contributed by atoms with E-state index in [2.05, 4.69) is 4.90 Å². The first kappa shape index (κ1) is 35.0. The summed E-state index contributed by atoms with van der Waals surface area (Å²) in [4.78, 5) is 2.17. The van der Waals surface area contributed by atoms with Gasteiger partial charge < -0.3 is 26.0 Å². The fourth-order valence-corrected chi connectivity index (χ4v) is 1.75. The van der Waals surface area contributed by atoms with Gasteiger partial charge in [-0.2, -0.15) is 0 Å². The topological polar surface area (TPSA) is 94.0 Å². The zero-order chi connectivity index (χ0) is 15.6. The summed E-state index contributed by atoms with van der Waals surface area (Å²) < 4.78 is 11.1. The molecule has 0 aromatic rings. The highest BCUT2D eigenvalue weighted by molar-refractivity contribution is 4.66. The van der Waals surface area contributed by atoms with E-state index in [1.807, 2.05) is 27.7 Å². The molecule has 154 valence electrons. The highest BCUT2D eigenvalue weighted by Gasteiger charge is 2.15. The monoisotopic (exact) mass is 355 g/mol. The molecule has 5 N–H and O–H groups in total. The number of hydrogen-bond donors (Lipinski definition) is 3. The molecule has 0 aliphatic rings. The van der Waals surface area contributed by atoms with E-state index in [4.69, 9.17) is 20.9 Å². The van der Waals surface area contributed by atoms with E-state index in [9.17, 15) is 5.11 Å². The van der Waals surface area contributed by atoms with Crippen LogP contribution in [0.2, 0.25) is 0 Å². The van der Waals surface area contributed by atoms with Crippen LogP contribution in [-0.4, -0.2) is 73.8 Å². The Morgan fingerprint density at radius 2 is 1.42 bits per heavy atom. The molecule has 6 heteroatoms. The first-order valence-corrected chi connectivity index (χ1v) is 7.34. The highest BCUT2D eigenvalue weighted by atomic mass is 16.5. The molecule has 0 radical (unpaired) electrons. The van der Waals surface area contributed by atoms with Crippen molar-refractivity contribution in [3.63, 3.8) is 0 Å². The summed E-state index contributed by atoms with van der Waals surface area (Å²) in [5.74, 6) is 0. The Morgan fingerprint density at radius 1 is 0.958 bits per heavy atom. The van der Waals surface area contributed by atoms with Gasteiger partial charge in [-0.1, -0.05) is 29.7 Å². The fraction of sp³-hybridized carbons (Fsp3) is 1.00. The Kier molecular flexibility index (Phi) is 27.8. The molecule has 0 saturated heterocycles. The van der Waals surface area contributed by atoms with Gasteiger partial charge in [0.05, 0.1) is 24.9 Å². The van der Waals surface area contributed by atoms with Crippen molar-refractivity contribution >= 4 is 0 Å². The fourth-order valence-electron chi connectivity index (χ4n) is 1.75. The number of aliphatic hydroxyl groups is 1. The van der Waals surface area contributed by atoms with E-state index >= 15 is 0 Å². The molecular weight excluding hydrogens is 306 g/mol. The molecule has 2 unspecified atom stereocenters. The van der Waals surface area contributed by atoms with Gasteiger partial charge in [-0.25, -0.2) is 0 Å². The molecule has 0 amide bonds. The maximum absolute atomic E-state index is 9.80. The van der Waals surface area contributed by atoms with Crippen molar-refractivity contribution in [3.8, 4) is 0 Å². The lowest BCUT2D eigenvalue weighted by atomic mass is 10.2. The Bertz CT molecular complexity index is 230.